The van der Waals surface area contributed by atoms with Crippen molar-refractivity contribution < 1.29 is 4.79 Å². The highest BCUT2D eigenvalue weighted by Crippen LogP contribution is 2.22. The van der Waals surface area contributed by atoms with Gasteiger partial charge in [-0.3, -0.25) is 4.79 Å². The predicted molar refractivity (Wildman–Crippen MR) is 58.5 cm³/mol. The summed E-state index contributed by atoms with van der Waals surface area (Å²) in [7, 11) is 0. The van der Waals surface area contributed by atoms with Crippen molar-refractivity contribution >= 4 is 23.2 Å². The quantitative estimate of drug-likeness (QED) is 0.805. The van der Waals surface area contributed by atoms with E-state index < -0.39 is 0 Å². The molecule has 0 heterocycles. The van der Waals surface area contributed by atoms with Crippen LogP contribution in [0.2, 0.25) is 5.02 Å². The number of hydrogen-bond acceptors (Lipinski definition) is 2. The lowest BCUT2D eigenvalue weighted by molar-refractivity contribution is -0.116. The molecule has 3 nitrogen and oxygen atoms in total. The van der Waals surface area contributed by atoms with Crippen molar-refractivity contribution in [3.63, 3.8) is 0 Å². The van der Waals surface area contributed by atoms with E-state index in [-0.39, 0.29) is 5.91 Å². The Kier molecular flexibility index (Phi) is 3.92. The maximum Gasteiger partial charge on any atom is 0.225 e. The zero-order valence-corrected chi connectivity index (χ0v) is 8.77. The smallest absolute Gasteiger partial charge is 0.225 e. The Bertz CT molecular complexity index is 339. The highest BCUT2D eigenvalue weighted by Gasteiger charge is 2.04. The van der Waals surface area contributed by atoms with Crippen LogP contribution in [0.5, 0.6) is 0 Å². The minimum atomic E-state index is -0.111. The number of nitrogens with two attached hydrogens (primary N) is 1. The van der Waals surface area contributed by atoms with Gasteiger partial charge in [0, 0.05) is 13.0 Å². The molecule has 76 valence electrons. The van der Waals surface area contributed by atoms with Gasteiger partial charge in [-0.05, 0) is 24.6 Å². The molecule has 1 amide bonds. The molecule has 0 unspecified atom stereocenters. The topological polar surface area (TPSA) is 55.1 Å². The molecule has 1 aromatic carbocycles. The van der Waals surface area contributed by atoms with Gasteiger partial charge in [0.15, 0.2) is 0 Å². The lowest BCUT2D eigenvalue weighted by atomic mass is 10.2. The molecule has 14 heavy (non-hydrogen) atoms. The van der Waals surface area contributed by atoms with E-state index in [9.17, 15) is 4.79 Å². The molecule has 3 N–H and O–H groups in total. The Morgan fingerprint density at radius 3 is 2.93 bits per heavy atom. The average Bonchev–Trinajstić information content (AvgIpc) is 2.12. The van der Waals surface area contributed by atoms with E-state index in [1.165, 1.54) is 0 Å². The van der Waals surface area contributed by atoms with Crippen molar-refractivity contribution in [1.29, 1.82) is 0 Å². The Morgan fingerprint density at radius 2 is 2.29 bits per heavy atom. The summed E-state index contributed by atoms with van der Waals surface area (Å²) in [6.45, 7) is 2.28. The van der Waals surface area contributed by atoms with Gasteiger partial charge in [0.1, 0.15) is 0 Å². The standard InChI is InChI=1S/C10H13ClN2O/c1-7-2-3-8(11)9(6-7)13-10(14)4-5-12/h2-3,6H,4-5,12H2,1H3,(H,13,14). The largest absolute Gasteiger partial charge is 0.330 e. The molecule has 0 aliphatic heterocycles. The van der Waals surface area contributed by atoms with Crippen LogP contribution in [-0.2, 0) is 4.79 Å². The maximum absolute atomic E-state index is 11.2. The minimum absolute atomic E-state index is 0.111. The van der Waals surface area contributed by atoms with Gasteiger partial charge in [0.25, 0.3) is 0 Å². The molecule has 1 rings (SSSR count). The Balaban J connectivity index is 2.75. The summed E-state index contributed by atoms with van der Waals surface area (Å²) in [5.74, 6) is -0.111. The molecular weight excluding hydrogens is 200 g/mol. The van der Waals surface area contributed by atoms with Gasteiger partial charge in [-0.2, -0.15) is 0 Å². The molecule has 4 heteroatoms. The number of benzene rings is 1. The molecule has 0 radical (unpaired) electrons. The first-order valence-electron chi connectivity index (χ1n) is 4.39. The lowest BCUT2D eigenvalue weighted by Crippen LogP contribution is -2.16. The van der Waals surface area contributed by atoms with Gasteiger partial charge < -0.3 is 11.1 Å². The molecule has 0 aliphatic carbocycles. The van der Waals surface area contributed by atoms with E-state index in [1.54, 1.807) is 6.07 Å². The zero-order valence-electron chi connectivity index (χ0n) is 8.01. The third-order valence-electron chi connectivity index (χ3n) is 1.77. The van der Waals surface area contributed by atoms with E-state index >= 15 is 0 Å². The van der Waals surface area contributed by atoms with Crippen molar-refractivity contribution in [2.45, 2.75) is 13.3 Å². The average molecular weight is 213 g/mol. The SMILES string of the molecule is Cc1ccc(Cl)c(NC(=O)CCN)c1. The van der Waals surface area contributed by atoms with Crippen LogP contribution in [-0.4, -0.2) is 12.5 Å². The van der Waals surface area contributed by atoms with Crippen molar-refractivity contribution in [3.05, 3.63) is 28.8 Å². The Labute approximate surface area is 88.2 Å². The number of halogens is 1. The summed E-state index contributed by atoms with van der Waals surface area (Å²) >= 11 is 5.89. The first kappa shape index (κ1) is 11.0. The fourth-order valence-corrected chi connectivity index (χ4v) is 1.24. The maximum atomic E-state index is 11.2. The molecule has 0 bridgehead atoms. The van der Waals surface area contributed by atoms with Gasteiger partial charge in [0.2, 0.25) is 5.91 Å². The van der Waals surface area contributed by atoms with Gasteiger partial charge in [-0.25, -0.2) is 0 Å². The number of rotatable bonds is 3. The molecule has 0 aliphatic rings. The van der Waals surface area contributed by atoms with E-state index in [0.717, 1.165) is 5.56 Å². The molecular formula is C10H13ClN2O. The molecule has 0 spiro atoms. The number of hydrogen-bond donors (Lipinski definition) is 2. The second-order valence-corrected chi connectivity index (χ2v) is 3.48. The molecule has 0 aromatic heterocycles. The molecule has 0 fully saturated rings. The lowest BCUT2D eigenvalue weighted by Gasteiger charge is -2.07. The van der Waals surface area contributed by atoms with Crippen LogP contribution < -0.4 is 11.1 Å². The summed E-state index contributed by atoms with van der Waals surface area (Å²) in [4.78, 5) is 11.2. The minimum Gasteiger partial charge on any atom is -0.330 e. The predicted octanol–water partition coefficient (Wildman–Crippen LogP) is 1.94. The first-order valence-corrected chi connectivity index (χ1v) is 4.77. The van der Waals surface area contributed by atoms with Crippen LogP contribution in [0.4, 0.5) is 5.69 Å². The van der Waals surface area contributed by atoms with Gasteiger partial charge in [-0.15, -0.1) is 0 Å². The summed E-state index contributed by atoms with van der Waals surface area (Å²) in [5, 5.41) is 3.24. The summed E-state index contributed by atoms with van der Waals surface area (Å²) in [6.07, 6.45) is 0.310. The van der Waals surface area contributed by atoms with Crippen LogP contribution in [0.15, 0.2) is 18.2 Å². The number of aryl methyl sites for hydroxylation is 1. The zero-order chi connectivity index (χ0) is 10.6. The van der Waals surface area contributed by atoms with Crippen LogP contribution in [0.3, 0.4) is 0 Å². The van der Waals surface area contributed by atoms with Gasteiger partial charge in [0.05, 0.1) is 10.7 Å². The molecule has 1 aromatic rings. The number of anilines is 1. The van der Waals surface area contributed by atoms with Gasteiger partial charge in [-0.1, -0.05) is 17.7 Å². The second kappa shape index (κ2) is 4.98. The number of amides is 1. The normalized spacial score (nSPS) is 9.93. The van der Waals surface area contributed by atoms with Crippen LogP contribution >= 0.6 is 11.6 Å². The van der Waals surface area contributed by atoms with Crippen molar-refractivity contribution in [3.8, 4) is 0 Å². The highest BCUT2D eigenvalue weighted by molar-refractivity contribution is 6.33. The van der Waals surface area contributed by atoms with E-state index in [4.69, 9.17) is 17.3 Å². The molecule has 0 saturated carbocycles. The highest BCUT2D eigenvalue weighted by atomic mass is 35.5. The fourth-order valence-electron chi connectivity index (χ4n) is 1.08. The summed E-state index contributed by atoms with van der Waals surface area (Å²) < 4.78 is 0. The summed E-state index contributed by atoms with van der Waals surface area (Å²) in [5.41, 5.74) is 6.95. The second-order valence-electron chi connectivity index (χ2n) is 3.07. The van der Waals surface area contributed by atoms with E-state index in [0.29, 0.717) is 23.7 Å². The number of carbonyl (C=O) groups is 1. The van der Waals surface area contributed by atoms with Crippen LogP contribution in [0, 0.1) is 6.92 Å². The molecule has 0 atom stereocenters. The van der Waals surface area contributed by atoms with Crippen molar-refractivity contribution in [2.24, 2.45) is 5.73 Å². The third kappa shape index (κ3) is 3.01. The van der Waals surface area contributed by atoms with E-state index in [2.05, 4.69) is 5.32 Å². The van der Waals surface area contributed by atoms with Crippen molar-refractivity contribution in [1.82, 2.24) is 0 Å². The number of nitrogens with one attached hydrogen (secondary N) is 1. The van der Waals surface area contributed by atoms with Gasteiger partial charge >= 0.3 is 0 Å². The van der Waals surface area contributed by atoms with E-state index in [1.807, 2.05) is 19.1 Å². The van der Waals surface area contributed by atoms with Crippen LogP contribution in [0.1, 0.15) is 12.0 Å². The number of carbonyl (C=O) groups excluding carboxylic acids is 1. The first-order chi connectivity index (χ1) is 6.63. The van der Waals surface area contributed by atoms with Crippen molar-refractivity contribution in [2.75, 3.05) is 11.9 Å². The summed E-state index contributed by atoms with van der Waals surface area (Å²) in [6, 6.07) is 5.48. The fraction of sp³-hybridized carbons (Fsp3) is 0.300. The van der Waals surface area contributed by atoms with Crippen LogP contribution in [0.25, 0.3) is 0 Å². The third-order valence-corrected chi connectivity index (χ3v) is 2.10. The Hall–Kier alpha value is -1.06. The molecule has 0 saturated heterocycles. The monoisotopic (exact) mass is 212 g/mol. The Morgan fingerprint density at radius 1 is 1.57 bits per heavy atom.